The Labute approximate surface area is 130 Å². The molecular formula is C13H18BrNO4S. The molecule has 20 heavy (non-hydrogen) atoms. The van der Waals surface area contributed by atoms with Crippen molar-refractivity contribution in [3.8, 4) is 0 Å². The maximum absolute atomic E-state index is 11.6. The number of thiophene rings is 1. The number of carbonyl (C=O) groups is 2. The van der Waals surface area contributed by atoms with Crippen LogP contribution in [0.3, 0.4) is 0 Å². The van der Waals surface area contributed by atoms with Crippen molar-refractivity contribution in [2.45, 2.75) is 45.8 Å². The second-order valence-electron chi connectivity index (χ2n) is 5.36. The first-order valence-corrected chi connectivity index (χ1v) is 7.66. The number of carboxylic acid groups (broad SMARTS) is 1. The highest BCUT2D eigenvalue weighted by atomic mass is 79.9. The summed E-state index contributed by atoms with van der Waals surface area (Å²) in [5.74, 6) is -1.09. The molecule has 0 aliphatic rings. The Balaban J connectivity index is 2.70. The minimum absolute atomic E-state index is 0.228. The van der Waals surface area contributed by atoms with Gasteiger partial charge in [0.15, 0.2) is 0 Å². The number of nitrogens with one attached hydrogen (secondary N) is 1. The number of carbonyl (C=O) groups excluding carboxylic acids is 1. The van der Waals surface area contributed by atoms with Crippen LogP contribution < -0.4 is 5.32 Å². The number of aryl methyl sites for hydroxylation is 1. The van der Waals surface area contributed by atoms with E-state index in [0.717, 1.165) is 14.2 Å². The molecule has 2 N–H and O–H groups in total. The first-order valence-electron chi connectivity index (χ1n) is 6.05. The topological polar surface area (TPSA) is 75.6 Å². The van der Waals surface area contributed by atoms with Gasteiger partial charge >= 0.3 is 12.1 Å². The molecular weight excluding hydrogens is 346 g/mol. The van der Waals surface area contributed by atoms with Gasteiger partial charge in [-0.1, -0.05) is 0 Å². The van der Waals surface area contributed by atoms with Gasteiger partial charge in [-0.15, -0.1) is 11.3 Å². The van der Waals surface area contributed by atoms with Crippen LogP contribution in [-0.4, -0.2) is 28.8 Å². The number of rotatable bonds is 4. The van der Waals surface area contributed by atoms with E-state index in [0.29, 0.717) is 0 Å². The van der Waals surface area contributed by atoms with Gasteiger partial charge in [0, 0.05) is 20.6 Å². The summed E-state index contributed by atoms with van der Waals surface area (Å²) in [4.78, 5) is 24.8. The molecule has 0 aliphatic heterocycles. The lowest BCUT2D eigenvalue weighted by atomic mass is 10.2. The summed E-state index contributed by atoms with van der Waals surface area (Å²) >= 11 is 4.88. The predicted molar refractivity (Wildman–Crippen MR) is 81.3 cm³/mol. The summed E-state index contributed by atoms with van der Waals surface area (Å²) < 4.78 is 6.01. The van der Waals surface area contributed by atoms with E-state index >= 15 is 0 Å². The Morgan fingerprint density at radius 3 is 2.50 bits per heavy atom. The van der Waals surface area contributed by atoms with Gasteiger partial charge in [-0.2, -0.15) is 0 Å². The highest BCUT2D eigenvalue weighted by Gasteiger charge is 2.24. The molecule has 1 aromatic heterocycles. The predicted octanol–water partition coefficient (Wildman–Crippen LogP) is 3.34. The molecule has 112 valence electrons. The van der Waals surface area contributed by atoms with Crippen LogP contribution in [0.4, 0.5) is 4.79 Å². The van der Waals surface area contributed by atoms with Gasteiger partial charge in [0.1, 0.15) is 11.6 Å². The van der Waals surface area contributed by atoms with Gasteiger partial charge in [0.25, 0.3) is 0 Å². The first kappa shape index (κ1) is 17.0. The fourth-order valence-corrected chi connectivity index (χ4v) is 3.12. The van der Waals surface area contributed by atoms with E-state index in [2.05, 4.69) is 21.2 Å². The van der Waals surface area contributed by atoms with Gasteiger partial charge in [-0.05, 0) is 49.7 Å². The highest BCUT2D eigenvalue weighted by molar-refractivity contribution is 9.10. The van der Waals surface area contributed by atoms with Crippen LogP contribution in [0.2, 0.25) is 0 Å². The van der Waals surface area contributed by atoms with Crippen LogP contribution in [-0.2, 0) is 16.0 Å². The van der Waals surface area contributed by atoms with E-state index in [-0.39, 0.29) is 6.42 Å². The van der Waals surface area contributed by atoms with Gasteiger partial charge in [-0.3, -0.25) is 0 Å². The maximum atomic E-state index is 11.6. The SMILES string of the molecule is Cc1sc(CC(NC(=O)OC(C)(C)C)C(=O)O)cc1Br. The third-order valence-corrected chi connectivity index (χ3v) is 4.46. The third-order valence-electron chi connectivity index (χ3n) is 2.30. The molecule has 0 saturated carbocycles. The molecule has 1 heterocycles. The average molecular weight is 364 g/mol. The monoisotopic (exact) mass is 363 g/mol. The number of hydrogen-bond donors (Lipinski definition) is 2. The number of carboxylic acids is 1. The lowest BCUT2D eigenvalue weighted by Gasteiger charge is -2.21. The molecule has 7 heteroatoms. The fourth-order valence-electron chi connectivity index (χ4n) is 1.47. The van der Waals surface area contributed by atoms with Crippen molar-refractivity contribution in [1.29, 1.82) is 0 Å². The van der Waals surface area contributed by atoms with Crippen LogP contribution in [0.25, 0.3) is 0 Å². The molecule has 0 aromatic carbocycles. The van der Waals surface area contributed by atoms with Crippen LogP contribution in [0.1, 0.15) is 30.5 Å². The van der Waals surface area contributed by atoms with Crippen molar-refractivity contribution in [2.75, 3.05) is 0 Å². The zero-order valence-electron chi connectivity index (χ0n) is 11.8. The molecule has 1 rings (SSSR count). The van der Waals surface area contributed by atoms with Crippen molar-refractivity contribution in [3.05, 3.63) is 20.3 Å². The van der Waals surface area contributed by atoms with Crippen LogP contribution in [0.15, 0.2) is 10.5 Å². The highest BCUT2D eigenvalue weighted by Crippen LogP contribution is 2.27. The number of amides is 1. The Morgan fingerprint density at radius 2 is 2.10 bits per heavy atom. The third kappa shape index (κ3) is 5.50. The standard InChI is InChI=1S/C13H18BrNO4S/c1-7-9(14)5-8(20-7)6-10(11(16)17)15-12(18)19-13(2,3)4/h5,10H,6H2,1-4H3,(H,15,18)(H,16,17). The quantitative estimate of drug-likeness (QED) is 0.859. The molecule has 1 amide bonds. The summed E-state index contributed by atoms with van der Waals surface area (Å²) in [5, 5.41) is 11.6. The van der Waals surface area contributed by atoms with Crippen molar-refractivity contribution in [1.82, 2.24) is 5.32 Å². The minimum atomic E-state index is -1.09. The number of alkyl carbamates (subject to hydrolysis) is 1. The van der Waals surface area contributed by atoms with E-state index in [1.54, 1.807) is 20.8 Å². The van der Waals surface area contributed by atoms with Crippen LogP contribution >= 0.6 is 27.3 Å². The van der Waals surface area contributed by atoms with Gasteiger partial charge in [0.05, 0.1) is 0 Å². The van der Waals surface area contributed by atoms with E-state index in [1.807, 2.05) is 13.0 Å². The Morgan fingerprint density at radius 1 is 1.50 bits per heavy atom. The summed E-state index contributed by atoms with van der Waals surface area (Å²) in [5.41, 5.74) is -0.657. The molecule has 0 radical (unpaired) electrons. The maximum Gasteiger partial charge on any atom is 0.408 e. The molecule has 1 unspecified atom stereocenters. The summed E-state index contributed by atoms with van der Waals surface area (Å²) in [6, 6.07) is 0.863. The zero-order chi connectivity index (χ0) is 15.5. The van der Waals surface area contributed by atoms with Crippen molar-refractivity contribution in [2.24, 2.45) is 0 Å². The second-order valence-corrected chi connectivity index (χ2v) is 7.55. The number of aliphatic carboxylic acids is 1. The normalized spacial score (nSPS) is 12.8. The molecule has 0 fully saturated rings. The molecule has 0 saturated heterocycles. The fraction of sp³-hybridized carbons (Fsp3) is 0.538. The van der Waals surface area contributed by atoms with Gasteiger partial charge < -0.3 is 15.2 Å². The first-order chi connectivity index (χ1) is 9.08. The van der Waals surface area contributed by atoms with Crippen LogP contribution in [0.5, 0.6) is 0 Å². The summed E-state index contributed by atoms with van der Waals surface area (Å²) in [6.07, 6.45) is -0.497. The smallest absolute Gasteiger partial charge is 0.408 e. The van der Waals surface area contributed by atoms with Crippen molar-refractivity contribution >= 4 is 39.3 Å². The lowest BCUT2D eigenvalue weighted by molar-refractivity contribution is -0.139. The zero-order valence-corrected chi connectivity index (χ0v) is 14.2. The summed E-state index contributed by atoms with van der Waals surface area (Å²) in [7, 11) is 0. The number of ether oxygens (including phenoxy) is 1. The van der Waals surface area contributed by atoms with E-state index in [1.165, 1.54) is 11.3 Å². The largest absolute Gasteiger partial charge is 0.480 e. The molecule has 5 nitrogen and oxygen atoms in total. The molecule has 0 bridgehead atoms. The number of halogens is 1. The Hall–Kier alpha value is -1.08. The van der Waals surface area contributed by atoms with E-state index < -0.39 is 23.7 Å². The van der Waals surface area contributed by atoms with Crippen LogP contribution in [0, 0.1) is 6.92 Å². The van der Waals surface area contributed by atoms with Gasteiger partial charge in [0.2, 0.25) is 0 Å². The minimum Gasteiger partial charge on any atom is -0.480 e. The van der Waals surface area contributed by atoms with Crippen molar-refractivity contribution < 1.29 is 19.4 Å². The number of hydrogen-bond acceptors (Lipinski definition) is 4. The van der Waals surface area contributed by atoms with Crippen molar-refractivity contribution in [3.63, 3.8) is 0 Å². The van der Waals surface area contributed by atoms with Gasteiger partial charge in [-0.25, -0.2) is 9.59 Å². The average Bonchev–Trinajstić information content (AvgIpc) is 2.54. The summed E-state index contributed by atoms with van der Waals surface area (Å²) in [6.45, 7) is 7.11. The molecule has 0 spiro atoms. The second kappa shape index (κ2) is 6.58. The van der Waals surface area contributed by atoms with E-state index in [9.17, 15) is 14.7 Å². The lowest BCUT2D eigenvalue weighted by Crippen LogP contribution is -2.44. The Kier molecular flexibility index (Phi) is 5.59. The molecule has 0 aliphatic carbocycles. The Bertz CT molecular complexity index is 487. The molecule has 1 aromatic rings. The van der Waals surface area contributed by atoms with E-state index in [4.69, 9.17) is 4.74 Å². The molecule has 1 atom stereocenters.